The third kappa shape index (κ3) is 2.37. The standard InChI is InChI=1S/C13H14N2O/c1-10(16)6-7-11-4-2-3-5-12(11)13-8-14-9-15-13/h2-5,8-9H,6-7H2,1H3,(H,14,15). The lowest BCUT2D eigenvalue weighted by Crippen LogP contribution is -1.96. The van der Waals surface area contributed by atoms with Crippen LogP contribution in [-0.2, 0) is 11.2 Å². The number of hydrogen-bond acceptors (Lipinski definition) is 2. The molecule has 0 amide bonds. The molecular weight excluding hydrogens is 200 g/mol. The summed E-state index contributed by atoms with van der Waals surface area (Å²) in [7, 11) is 0. The van der Waals surface area contributed by atoms with Gasteiger partial charge in [0.25, 0.3) is 0 Å². The number of carbonyl (C=O) groups is 1. The first-order valence-corrected chi connectivity index (χ1v) is 5.33. The van der Waals surface area contributed by atoms with Crippen LogP contribution in [0.15, 0.2) is 36.8 Å². The van der Waals surface area contributed by atoms with E-state index < -0.39 is 0 Å². The lowest BCUT2D eigenvalue weighted by atomic mass is 10.00. The molecule has 2 aromatic rings. The maximum Gasteiger partial charge on any atom is 0.130 e. The summed E-state index contributed by atoms with van der Waals surface area (Å²) in [5.41, 5.74) is 3.31. The number of aromatic nitrogens is 2. The van der Waals surface area contributed by atoms with Gasteiger partial charge in [0, 0.05) is 12.0 Å². The predicted molar refractivity (Wildman–Crippen MR) is 63.0 cm³/mol. The Morgan fingerprint density at radius 2 is 2.19 bits per heavy atom. The highest BCUT2D eigenvalue weighted by atomic mass is 16.1. The largest absolute Gasteiger partial charge is 0.345 e. The molecule has 0 aliphatic rings. The molecule has 3 heteroatoms. The molecule has 0 saturated heterocycles. The van der Waals surface area contributed by atoms with E-state index >= 15 is 0 Å². The van der Waals surface area contributed by atoms with Gasteiger partial charge in [-0.2, -0.15) is 0 Å². The Bertz CT molecular complexity index is 474. The highest BCUT2D eigenvalue weighted by Gasteiger charge is 2.06. The van der Waals surface area contributed by atoms with Gasteiger partial charge >= 0.3 is 0 Å². The summed E-state index contributed by atoms with van der Waals surface area (Å²) >= 11 is 0. The molecular formula is C13H14N2O. The molecule has 0 bridgehead atoms. The topological polar surface area (TPSA) is 45.8 Å². The summed E-state index contributed by atoms with van der Waals surface area (Å²) in [5, 5.41) is 0. The number of Topliss-reactive ketones (excluding diaryl/α,β-unsaturated/α-hetero) is 1. The number of hydrogen-bond donors (Lipinski definition) is 1. The maximum atomic E-state index is 11.0. The molecule has 0 saturated carbocycles. The average molecular weight is 214 g/mol. The van der Waals surface area contributed by atoms with Gasteiger partial charge in [0.05, 0.1) is 18.2 Å². The molecule has 1 heterocycles. The van der Waals surface area contributed by atoms with Gasteiger partial charge in [-0.3, -0.25) is 0 Å². The van der Waals surface area contributed by atoms with E-state index in [4.69, 9.17) is 0 Å². The van der Waals surface area contributed by atoms with Crippen LogP contribution in [-0.4, -0.2) is 15.8 Å². The van der Waals surface area contributed by atoms with E-state index in [0.717, 1.165) is 17.7 Å². The first-order valence-electron chi connectivity index (χ1n) is 5.33. The zero-order valence-corrected chi connectivity index (χ0v) is 9.23. The third-order valence-corrected chi connectivity index (χ3v) is 2.55. The lowest BCUT2D eigenvalue weighted by Gasteiger charge is -2.06. The summed E-state index contributed by atoms with van der Waals surface area (Å²) in [5.74, 6) is 0.222. The molecule has 0 unspecified atom stereocenters. The van der Waals surface area contributed by atoms with Crippen molar-refractivity contribution in [3.63, 3.8) is 0 Å². The van der Waals surface area contributed by atoms with Crippen LogP contribution < -0.4 is 0 Å². The minimum atomic E-state index is 0.222. The average Bonchev–Trinajstić information content (AvgIpc) is 2.80. The normalized spacial score (nSPS) is 10.3. The Kier molecular flexibility index (Phi) is 3.15. The minimum Gasteiger partial charge on any atom is -0.345 e. The molecule has 1 N–H and O–H groups in total. The Balaban J connectivity index is 2.27. The summed E-state index contributed by atoms with van der Waals surface area (Å²) < 4.78 is 0. The fraction of sp³-hybridized carbons (Fsp3) is 0.231. The van der Waals surface area contributed by atoms with E-state index in [0.29, 0.717) is 6.42 Å². The molecule has 16 heavy (non-hydrogen) atoms. The predicted octanol–water partition coefficient (Wildman–Crippen LogP) is 2.60. The highest BCUT2D eigenvalue weighted by Crippen LogP contribution is 2.22. The molecule has 1 aromatic carbocycles. The lowest BCUT2D eigenvalue weighted by molar-refractivity contribution is -0.116. The fourth-order valence-electron chi connectivity index (χ4n) is 1.71. The van der Waals surface area contributed by atoms with Crippen molar-refractivity contribution in [3.05, 3.63) is 42.4 Å². The number of imidazole rings is 1. The van der Waals surface area contributed by atoms with Gasteiger partial charge in [0.1, 0.15) is 5.78 Å². The van der Waals surface area contributed by atoms with Crippen molar-refractivity contribution in [2.24, 2.45) is 0 Å². The van der Waals surface area contributed by atoms with Crippen molar-refractivity contribution >= 4 is 5.78 Å². The quantitative estimate of drug-likeness (QED) is 0.850. The number of carbonyl (C=O) groups excluding carboxylic acids is 1. The summed E-state index contributed by atoms with van der Waals surface area (Å²) in [6.45, 7) is 1.62. The molecule has 3 nitrogen and oxygen atoms in total. The van der Waals surface area contributed by atoms with Crippen LogP contribution >= 0.6 is 0 Å². The van der Waals surface area contributed by atoms with E-state index in [1.165, 1.54) is 5.56 Å². The molecule has 1 aromatic heterocycles. The summed E-state index contributed by atoms with van der Waals surface area (Å²) in [4.78, 5) is 18.1. The Morgan fingerprint density at radius 3 is 2.88 bits per heavy atom. The Labute approximate surface area is 94.5 Å². The second-order valence-corrected chi connectivity index (χ2v) is 3.82. The second-order valence-electron chi connectivity index (χ2n) is 3.82. The Morgan fingerprint density at radius 1 is 1.38 bits per heavy atom. The molecule has 2 rings (SSSR count). The van der Waals surface area contributed by atoms with Gasteiger partial charge < -0.3 is 9.78 Å². The number of benzene rings is 1. The Hall–Kier alpha value is -1.90. The van der Waals surface area contributed by atoms with Crippen LogP contribution in [0.2, 0.25) is 0 Å². The smallest absolute Gasteiger partial charge is 0.130 e. The van der Waals surface area contributed by atoms with Crippen LogP contribution in [0.25, 0.3) is 11.3 Å². The monoisotopic (exact) mass is 214 g/mol. The van der Waals surface area contributed by atoms with E-state index in [1.54, 1.807) is 19.4 Å². The summed E-state index contributed by atoms with van der Waals surface area (Å²) in [6, 6.07) is 8.09. The van der Waals surface area contributed by atoms with Crippen molar-refractivity contribution in [2.45, 2.75) is 19.8 Å². The molecule has 0 atom stereocenters. The van der Waals surface area contributed by atoms with E-state index in [9.17, 15) is 4.79 Å². The number of nitrogens with one attached hydrogen (secondary N) is 1. The van der Waals surface area contributed by atoms with Crippen LogP contribution in [0.5, 0.6) is 0 Å². The first-order chi connectivity index (χ1) is 7.77. The van der Waals surface area contributed by atoms with Gasteiger partial charge in [0.2, 0.25) is 0 Å². The number of aromatic amines is 1. The van der Waals surface area contributed by atoms with Crippen molar-refractivity contribution in [3.8, 4) is 11.3 Å². The van der Waals surface area contributed by atoms with Crippen molar-refractivity contribution in [1.29, 1.82) is 0 Å². The van der Waals surface area contributed by atoms with E-state index in [-0.39, 0.29) is 5.78 Å². The molecule has 0 radical (unpaired) electrons. The number of nitrogens with zero attached hydrogens (tertiary/aromatic N) is 1. The van der Waals surface area contributed by atoms with Crippen molar-refractivity contribution in [1.82, 2.24) is 9.97 Å². The fourth-order valence-corrected chi connectivity index (χ4v) is 1.71. The second kappa shape index (κ2) is 4.75. The third-order valence-electron chi connectivity index (χ3n) is 2.55. The van der Waals surface area contributed by atoms with Crippen LogP contribution in [0.3, 0.4) is 0 Å². The van der Waals surface area contributed by atoms with Crippen molar-refractivity contribution in [2.75, 3.05) is 0 Å². The van der Waals surface area contributed by atoms with E-state index in [1.807, 2.05) is 18.2 Å². The number of aryl methyl sites for hydroxylation is 1. The minimum absolute atomic E-state index is 0.222. The van der Waals surface area contributed by atoms with Gasteiger partial charge in [-0.1, -0.05) is 24.3 Å². The van der Waals surface area contributed by atoms with Gasteiger partial charge in [-0.15, -0.1) is 0 Å². The number of H-pyrrole nitrogens is 1. The van der Waals surface area contributed by atoms with Gasteiger partial charge in [-0.25, -0.2) is 4.98 Å². The first kappa shape index (κ1) is 10.6. The van der Waals surface area contributed by atoms with Gasteiger partial charge in [-0.05, 0) is 18.9 Å². The molecule has 0 aliphatic heterocycles. The summed E-state index contributed by atoms with van der Waals surface area (Å²) in [6.07, 6.45) is 4.83. The maximum absolute atomic E-state index is 11.0. The zero-order valence-electron chi connectivity index (χ0n) is 9.23. The SMILES string of the molecule is CC(=O)CCc1ccccc1-c1cnc[nH]1. The van der Waals surface area contributed by atoms with Gasteiger partial charge in [0.15, 0.2) is 0 Å². The zero-order chi connectivity index (χ0) is 11.4. The molecule has 0 fully saturated rings. The molecule has 0 spiro atoms. The molecule has 82 valence electrons. The van der Waals surface area contributed by atoms with E-state index in [2.05, 4.69) is 16.0 Å². The van der Waals surface area contributed by atoms with Crippen LogP contribution in [0, 0.1) is 0 Å². The molecule has 0 aliphatic carbocycles. The number of rotatable bonds is 4. The van der Waals surface area contributed by atoms with Crippen LogP contribution in [0.4, 0.5) is 0 Å². The number of ketones is 1. The highest BCUT2D eigenvalue weighted by molar-refractivity contribution is 5.76. The van der Waals surface area contributed by atoms with Crippen LogP contribution in [0.1, 0.15) is 18.9 Å². The van der Waals surface area contributed by atoms with Crippen molar-refractivity contribution < 1.29 is 4.79 Å².